The van der Waals surface area contributed by atoms with Crippen molar-refractivity contribution in [2.45, 2.75) is 101 Å². The van der Waals surface area contributed by atoms with Gasteiger partial charge in [-0.3, -0.25) is 9.78 Å². The molecular weight excluding hydrogens is 719 g/mol. The van der Waals surface area contributed by atoms with Gasteiger partial charge < -0.3 is 5.11 Å². The fraction of sp³-hybridized carbons (Fsp3) is 0.450. The number of aliphatic hydroxyl groups is 1. The van der Waals surface area contributed by atoms with Crippen molar-refractivity contribution in [3.8, 4) is 11.3 Å². The van der Waals surface area contributed by atoms with E-state index in [0.29, 0.717) is 5.92 Å². The smallest absolute Gasteiger partial charge is 0.162 e. The van der Waals surface area contributed by atoms with Crippen molar-refractivity contribution in [1.29, 1.82) is 0 Å². The average molecular weight is 771 g/mol. The number of hydrogen-bond acceptors (Lipinski definition) is 3. The molecule has 0 amide bonds. The Morgan fingerprint density at radius 1 is 0.932 bits per heavy atom. The van der Waals surface area contributed by atoms with E-state index in [-0.39, 0.29) is 48.9 Å². The van der Waals surface area contributed by atoms with Crippen LogP contribution in [-0.4, -0.2) is 15.9 Å². The molecule has 0 aliphatic rings. The maximum Gasteiger partial charge on any atom is 0.162 e. The van der Waals surface area contributed by atoms with Crippen LogP contribution in [0.4, 0.5) is 0 Å². The second-order valence-electron chi connectivity index (χ2n) is 13.4. The van der Waals surface area contributed by atoms with Gasteiger partial charge in [0.15, 0.2) is 5.78 Å². The Balaban J connectivity index is 0.000000345. The summed E-state index contributed by atoms with van der Waals surface area (Å²) in [6, 6.07) is 21.1. The first-order valence-corrected chi connectivity index (χ1v) is 16.0. The number of carbonyl (C=O) groups excluding carboxylic acids is 1. The van der Waals surface area contributed by atoms with Gasteiger partial charge in [-0.25, -0.2) is 0 Å². The third kappa shape index (κ3) is 8.89. The van der Waals surface area contributed by atoms with Gasteiger partial charge in [0.1, 0.15) is 0 Å². The average Bonchev–Trinajstić information content (AvgIpc) is 2.92. The van der Waals surface area contributed by atoms with Gasteiger partial charge in [-0.05, 0) is 74.1 Å². The molecule has 1 heterocycles. The normalized spacial score (nSPS) is 12.7. The second-order valence-corrected chi connectivity index (χ2v) is 13.4. The van der Waals surface area contributed by atoms with Gasteiger partial charge in [0.05, 0.1) is 11.3 Å². The summed E-state index contributed by atoms with van der Waals surface area (Å²) in [5, 5.41) is 13.5. The topological polar surface area (TPSA) is 50.2 Å². The molecule has 1 unspecified atom stereocenters. The predicted molar refractivity (Wildman–Crippen MR) is 185 cm³/mol. The van der Waals surface area contributed by atoms with Crippen LogP contribution in [0.1, 0.15) is 96.9 Å². The molecule has 4 aromatic rings. The number of aliphatic hydroxyl groups excluding tert-OH is 1. The fourth-order valence-electron chi connectivity index (χ4n) is 6.19. The van der Waals surface area contributed by atoms with Crippen LogP contribution in [-0.2, 0) is 30.3 Å². The van der Waals surface area contributed by atoms with Gasteiger partial charge in [0.25, 0.3) is 0 Å². The number of allylic oxidation sites excluding steroid dienone is 2. The molecule has 0 aliphatic heterocycles. The molecule has 1 radical (unpaired) electrons. The molecule has 0 saturated carbocycles. The van der Waals surface area contributed by atoms with Crippen molar-refractivity contribution < 1.29 is 30.0 Å². The first-order valence-electron chi connectivity index (χ1n) is 16.0. The van der Waals surface area contributed by atoms with Crippen LogP contribution in [0.25, 0.3) is 32.9 Å². The number of fused-ring (bicyclic) bond motifs is 2. The van der Waals surface area contributed by atoms with E-state index in [2.05, 4.69) is 96.1 Å². The van der Waals surface area contributed by atoms with Crippen LogP contribution >= 0.6 is 0 Å². The number of hydrogen-bond donors (Lipinski definition) is 1. The van der Waals surface area contributed by atoms with Crippen molar-refractivity contribution >= 4 is 27.5 Å². The number of pyridine rings is 1. The Morgan fingerprint density at radius 3 is 2.11 bits per heavy atom. The SMILES string of the molecule is CCC(CC)/C(O)=C/C(=O)C(CC)C(C)C.Cc1cc(C)c2c(C)cc(-c3[c-]c4ccccc4c(C(C)(C)C)c3)nc2c1.[Ir]. The Hall–Kier alpha value is -2.81. The summed E-state index contributed by atoms with van der Waals surface area (Å²) in [4.78, 5) is 17.0. The molecule has 0 spiro atoms. The van der Waals surface area contributed by atoms with E-state index in [1.807, 2.05) is 34.6 Å². The van der Waals surface area contributed by atoms with Crippen LogP contribution in [0.5, 0.6) is 0 Å². The van der Waals surface area contributed by atoms with E-state index in [9.17, 15) is 9.90 Å². The maximum absolute atomic E-state index is 11.9. The maximum atomic E-state index is 11.9. The summed E-state index contributed by atoms with van der Waals surface area (Å²) in [7, 11) is 0. The van der Waals surface area contributed by atoms with Crippen molar-refractivity contribution in [2.24, 2.45) is 17.8 Å². The van der Waals surface area contributed by atoms with Crippen LogP contribution in [0, 0.1) is 44.6 Å². The van der Waals surface area contributed by atoms with Crippen molar-refractivity contribution in [2.75, 3.05) is 0 Å². The van der Waals surface area contributed by atoms with Crippen LogP contribution in [0.15, 0.2) is 60.4 Å². The number of nitrogens with zero attached hydrogens (tertiary/aromatic N) is 1. The molecule has 1 aromatic heterocycles. The van der Waals surface area contributed by atoms with E-state index in [0.717, 1.165) is 41.4 Å². The molecule has 0 bridgehead atoms. The summed E-state index contributed by atoms with van der Waals surface area (Å²) in [6.45, 7) is 23.5. The van der Waals surface area contributed by atoms with Gasteiger partial charge in [0.2, 0.25) is 0 Å². The summed E-state index contributed by atoms with van der Waals surface area (Å²) >= 11 is 0. The second kappa shape index (κ2) is 16.0. The van der Waals surface area contributed by atoms with Crippen LogP contribution < -0.4 is 0 Å². The fourth-order valence-corrected chi connectivity index (χ4v) is 6.19. The van der Waals surface area contributed by atoms with Gasteiger partial charge >= 0.3 is 0 Å². The van der Waals surface area contributed by atoms with Crippen molar-refractivity contribution in [1.82, 2.24) is 4.98 Å². The minimum Gasteiger partial charge on any atom is -0.512 e. The van der Waals surface area contributed by atoms with Gasteiger partial charge in [-0.2, -0.15) is 0 Å². The Kier molecular flexibility index (Phi) is 13.6. The molecular formula is C40H52IrNO2-. The molecule has 3 nitrogen and oxygen atoms in total. The molecule has 3 aromatic carbocycles. The number of ketones is 1. The van der Waals surface area contributed by atoms with Crippen LogP contribution in [0.3, 0.4) is 0 Å². The molecule has 239 valence electrons. The standard InChI is InChI=1S/C26H26N.C14H26O2.Ir/c1-16-11-17(2)25-18(3)13-23(27-24(25)12-16)20-14-19-9-7-8-10-21(19)22(15-20)26(4,5)6;1-6-11(7-2)13(15)9-14(16)12(8-3)10(4)5;/h7-13,15H,1-6H3;9-12,15H,6-8H2,1-5H3;/q-1;;/b;13-9-;. The molecule has 44 heavy (non-hydrogen) atoms. The Labute approximate surface area is 279 Å². The molecule has 1 N–H and O–H groups in total. The van der Waals surface area contributed by atoms with Crippen molar-refractivity contribution in [3.05, 3.63) is 88.7 Å². The minimum atomic E-state index is 0. The summed E-state index contributed by atoms with van der Waals surface area (Å²) in [5.74, 6) is 0.837. The molecule has 4 heteroatoms. The molecule has 1 atom stereocenters. The first kappa shape index (κ1) is 37.4. The van der Waals surface area contributed by atoms with Gasteiger partial charge in [0, 0.05) is 49.1 Å². The van der Waals surface area contributed by atoms with Gasteiger partial charge in [-0.15, -0.1) is 29.1 Å². The zero-order chi connectivity index (χ0) is 32.1. The Bertz CT molecular complexity index is 1610. The predicted octanol–water partition coefficient (Wildman–Crippen LogP) is 11.2. The van der Waals surface area contributed by atoms with E-state index in [1.54, 1.807) is 0 Å². The molecule has 4 rings (SSSR count). The third-order valence-corrected chi connectivity index (χ3v) is 8.61. The summed E-state index contributed by atoms with van der Waals surface area (Å²) in [6.07, 6.45) is 4.05. The van der Waals surface area contributed by atoms with Gasteiger partial charge in [-0.1, -0.05) is 96.7 Å². The summed E-state index contributed by atoms with van der Waals surface area (Å²) < 4.78 is 0. The third-order valence-electron chi connectivity index (χ3n) is 8.61. The number of aromatic nitrogens is 1. The number of rotatable bonds is 8. The van der Waals surface area contributed by atoms with E-state index in [1.165, 1.54) is 39.1 Å². The van der Waals surface area contributed by atoms with Crippen molar-refractivity contribution in [3.63, 3.8) is 0 Å². The largest absolute Gasteiger partial charge is 0.512 e. The molecule has 0 aliphatic carbocycles. The molecule has 0 fully saturated rings. The summed E-state index contributed by atoms with van der Waals surface area (Å²) in [5.41, 5.74) is 8.35. The zero-order valence-electron chi connectivity index (χ0n) is 28.7. The van der Waals surface area contributed by atoms with E-state index < -0.39 is 0 Å². The minimum absolute atomic E-state index is 0. The van der Waals surface area contributed by atoms with Crippen LogP contribution in [0.2, 0.25) is 0 Å². The quantitative estimate of drug-likeness (QED) is 0.110. The zero-order valence-corrected chi connectivity index (χ0v) is 31.1. The number of carbonyl (C=O) groups is 1. The van der Waals surface area contributed by atoms with E-state index >= 15 is 0 Å². The molecule has 0 saturated heterocycles. The monoisotopic (exact) mass is 771 g/mol. The van der Waals surface area contributed by atoms with E-state index in [4.69, 9.17) is 4.98 Å². The Morgan fingerprint density at radius 2 is 1.55 bits per heavy atom. The number of benzene rings is 3. The first-order chi connectivity index (χ1) is 20.2. The number of aryl methyl sites for hydroxylation is 3.